The van der Waals surface area contributed by atoms with Crippen molar-refractivity contribution in [3.63, 3.8) is 0 Å². The summed E-state index contributed by atoms with van der Waals surface area (Å²) in [5, 5.41) is 0. The van der Waals surface area contributed by atoms with Crippen LogP contribution in [0, 0.1) is 0 Å². The number of nitrogens with zero attached hydrogens (tertiary/aromatic N) is 1. The third kappa shape index (κ3) is 2.38. The Morgan fingerprint density at radius 1 is 1.06 bits per heavy atom. The van der Waals surface area contributed by atoms with Gasteiger partial charge in [0.15, 0.2) is 0 Å². The van der Waals surface area contributed by atoms with E-state index in [0.717, 1.165) is 32.2 Å². The van der Waals surface area contributed by atoms with Crippen molar-refractivity contribution in [2.45, 2.75) is 63.1 Å². The summed E-state index contributed by atoms with van der Waals surface area (Å²) in [4.78, 5) is 13.7. The Kier molecular flexibility index (Phi) is 3.82. The van der Waals surface area contributed by atoms with Crippen molar-refractivity contribution in [2.75, 3.05) is 6.54 Å². The lowest BCUT2D eigenvalue weighted by atomic mass is 10.0. The van der Waals surface area contributed by atoms with Crippen LogP contribution in [-0.2, 0) is 4.79 Å². The van der Waals surface area contributed by atoms with E-state index in [1.54, 1.807) is 0 Å². The summed E-state index contributed by atoms with van der Waals surface area (Å²) < 4.78 is 0. The molecule has 1 heterocycles. The summed E-state index contributed by atoms with van der Waals surface area (Å²) in [6.45, 7) is 0.992. The third-order valence-corrected chi connectivity index (χ3v) is 4.08. The molecule has 16 heavy (non-hydrogen) atoms. The molecular weight excluding hydrogens is 202 g/mol. The number of nitrogens with two attached hydrogens (primary N) is 2. The number of carbonyl (C=O) groups excluding carboxylic acids is 1. The van der Waals surface area contributed by atoms with Gasteiger partial charge in [0, 0.05) is 12.1 Å². The molecule has 2 fully saturated rings. The van der Waals surface area contributed by atoms with Crippen LogP contribution in [0.5, 0.6) is 0 Å². The van der Waals surface area contributed by atoms with Gasteiger partial charge in [-0.1, -0.05) is 19.3 Å². The average molecular weight is 225 g/mol. The molecule has 0 bridgehead atoms. The Hall–Kier alpha value is -0.610. The Morgan fingerprint density at radius 2 is 1.81 bits per heavy atom. The third-order valence-electron chi connectivity index (χ3n) is 4.08. The van der Waals surface area contributed by atoms with Crippen LogP contribution in [0.15, 0.2) is 0 Å². The molecule has 4 heteroatoms. The van der Waals surface area contributed by atoms with Gasteiger partial charge < -0.3 is 11.5 Å². The predicted octanol–water partition coefficient (Wildman–Crippen LogP) is 0.596. The minimum absolute atomic E-state index is 0.0610. The van der Waals surface area contributed by atoms with Crippen LogP contribution in [0.2, 0.25) is 0 Å². The van der Waals surface area contributed by atoms with E-state index in [1.807, 2.05) is 0 Å². The molecule has 1 saturated carbocycles. The Bertz CT molecular complexity index is 257. The number of rotatable bonds is 2. The van der Waals surface area contributed by atoms with Crippen molar-refractivity contribution in [1.29, 1.82) is 0 Å². The first kappa shape index (κ1) is 11.9. The van der Waals surface area contributed by atoms with E-state index in [9.17, 15) is 4.79 Å². The minimum atomic E-state index is -0.172. The number of carbonyl (C=O) groups is 1. The van der Waals surface area contributed by atoms with E-state index in [2.05, 4.69) is 4.90 Å². The minimum Gasteiger partial charge on any atom is -0.368 e. The summed E-state index contributed by atoms with van der Waals surface area (Å²) in [5.74, 6) is -0.172. The zero-order valence-electron chi connectivity index (χ0n) is 9.90. The summed E-state index contributed by atoms with van der Waals surface area (Å²) in [7, 11) is 0. The van der Waals surface area contributed by atoms with E-state index in [0.29, 0.717) is 6.04 Å². The molecular formula is C12H23N3O. The molecule has 1 amide bonds. The SMILES string of the molecule is NC(=O)C1CCCN1C1CCCCCC1N. The second kappa shape index (κ2) is 5.15. The fourth-order valence-electron chi connectivity index (χ4n) is 3.22. The highest BCUT2D eigenvalue weighted by molar-refractivity contribution is 5.80. The van der Waals surface area contributed by atoms with E-state index < -0.39 is 0 Å². The molecule has 1 aliphatic carbocycles. The summed E-state index contributed by atoms with van der Waals surface area (Å²) in [5.41, 5.74) is 11.7. The maximum absolute atomic E-state index is 11.4. The lowest BCUT2D eigenvalue weighted by molar-refractivity contribution is -0.123. The van der Waals surface area contributed by atoms with E-state index in [-0.39, 0.29) is 18.0 Å². The summed E-state index contributed by atoms with van der Waals surface area (Å²) in [6, 6.07) is 0.541. The maximum atomic E-state index is 11.4. The Balaban J connectivity index is 2.06. The first-order chi connectivity index (χ1) is 7.70. The first-order valence-corrected chi connectivity index (χ1v) is 6.51. The lowest BCUT2D eigenvalue weighted by Gasteiger charge is -2.34. The second-order valence-corrected chi connectivity index (χ2v) is 5.17. The number of hydrogen-bond donors (Lipinski definition) is 2. The van der Waals surface area contributed by atoms with Crippen LogP contribution in [-0.4, -0.2) is 35.5 Å². The molecule has 0 aromatic rings. The van der Waals surface area contributed by atoms with Crippen LogP contribution in [0.25, 0.3) is 0 Å². The van der Waals surface area contributed by atoms with Gasteiger partial charge in [0.25, 0.3) is 0 Å². The van der Waals surface area contributed by atoms with Gasteiger partial charge >= 0.3 is 0 Å². The molecule has 2 aliphatic rings. The summed E-state index contributed by atoms with van der Waals surface area (Å²) in [6.07, 6.45) is 7.96. The van der Waals surface area contributed by atoms with E-state index in [4.69, 9.17) is 11.5 Å². The zero-order valence-corrected chi connectivity index (χ0v) is 9.90. The van der Waals surface area contributed by atoms with Crippen LogP contribution >= 0.6 is 0 Å². The van der Waals surface area contributed by atoms with Gasteiger partial charge in [-0.15, -0.1) is 0 Å². The molecule has 0 aromatic heterocycles. The molecule has 1 aliphatic heterocycles. The molecule has 3 unspecified atom stereocenters. The molecule has 4 N–H and O–H groups in total. The van der Waals surface area contributed by atoms with Crippen LogP contribution in [0.3, 0.4) is 0 Å². The standard InChI is InChI=1S/C12H23N3O/c13-9-5-2-1-3-6-10(9)15-8-4-7-11(15)12(14)16/h9-11H,1-8,13H2,(H2,14,16). The van der Waals surface area contributed by atoms with Crippen LogP contribution in [0.4, 0.5) is 0 Å². The lowest BCUT2D eigenvalue weighted by Crippen LogP contribution is -2.52. The molecule has 4 nitrogen and oxygen atoms in total. The number of primary amides is 1. The molecule has 2 rings (SSSR count). The number of amides is 1. The average Bonchev–Trinajstić information content (AvgIpc) is 2.63. The van der Waals surface area contributed by atoms with Crippen molar-refractivity contribution in [3.8, 4) is 0 Å². The highest BCUT2D eigenvalue weighted by Crippen LogP contribution is 2.27. The smallest absolute Gasteiger partial charge is 0.234 e. The summed E-state index contributed by atoms with van der Waals surface area (Å²) >= 11 is 0. The van der Waals surface area contributed by atoms with Crippen molar-refractivity contribution in [3.05, 3.63) is 0 Å². The van der Waals surface area contributed by atoms with Gasteiger partial charge in [-0.2, -0.15) is 0 Å². The van der Waals surface area contributed by atoms with Gasteiger partial charge in [-0.05, 0) is 32.2 Å². The topological polar surface area (TPSA) is 72.4 Å². The van der Waals surface area contributed by atoms with Crippen LogP contribution in [0.1, 0.15) is 44.9 Å². The quantitative estimate of drug-likeness (QED) is 0.676. The van der Waals surface area contributed by atoms with Gasteiger partial charge in [-0.25, -0.2) is 0 Å². The molecule has 0 radical (unpaired) electrons. The number of likely N-dealkylation sites (tertiary alicyclic amines) is 1. The molecule has 3 atom stereocenters. The zero-order chi connectivity index (χ0) is 11.5. The maximum Gasteiger partial charge on any atom is 0.234 e. The van der Waals surface area contributed by atoms with Gasteiger partial charge in [0.05, 0.1) is 6.04 Å². The van der Waals surface area contributed by atoms with Gasteiger partial charge in [0.2, 0.25) is 5.91 Å². The van der Waals surface area contributed by atoms with E-state index in [1.165, 1.54) is 19.3 Å². The van der Waals surface area contributed by atoms with Gasteiger partial charge in [0.1, 0.15) is 0 Å². The fraction of sp³-hybridized carbons (Fsp3) is 0.917. The Labute approximate surface area is 97.3 Å². The van der Waals surface area contributed by atoms with Crippen LogP contribution < -0.4 is 11.5 Å². The molecule has 92 valence electrons. The predicted molar refractivity (Wildman–Crippen MR) is 63.8 cm³/mol. The molecule has 0 spiro atoms. The molecule has 0 aromatic carbocycles. The van der Waals surface area contributed by atoms with Crippen molar-refractivity contribution in [2.24, 2.45) is 11.5 Å². The normalized spacial score (nSPS) is 37.2. The van der Waals surface area contributed by atoms with E-state index >= 15 is 0 Å². The number of hydrogen-bond acceptors (Lipinski definition) is 3. The van der Waals surface area contributed by atoms with Gasteiger partial charge in [-0.3, -0.25) is 9.69 Å². The molecule has 1 saturated heterocycles. The van der Waals surface area contributed by atoms with Crippen molar-refractivity contribution >= 4 is 5.91 Å². The first-order valence-electron chi connectivity index (χ1n) is 6.51. The highest BCUT2D eigenvalue weighted by atomic mass is 16.1. The second-order valence-electron chi connectivity index (χ2n) is 5.17. The fourth-order valence-corrected chi connectivity index (χ4v) is 3.22. The highest BCUT2D eigenvalue weighted by Gasteiger charge is 2.36. The van der Waals surface area contributed by atoms with Crippen molar-refractivity contribution in [1.82, 2.24) is 4.90 Å². The monoisotopic (exact) mass is 225 g/mol. The van der Waals surface area contributed by atoms with Crippen molar-refractivity contribution < 1.29 is 4.79 Å². The Morgan fingerprint density at radius 3 is 2.56 bits per heavy atom. The largest absolute Gasteiger partial charge is 0.368 e.